The lowest BCUT2D eigenvalue weighted by Crippen LogP contribution is -2.37. The predicted octanol–water partition coefficient (Wildman–Crippen LogP) is 2.72. The third-order valence-corrected chi connectivity index (χ3v) is 5.30. The van der Waals surface area contributed by atoms with Crippen molar-refractivity contribution in [3.63, 3.8) is 0 Å². The minimum absolute atomic E-state index is 0.0138. The highest BCUT2D eigenvalue weighted by molar-refractivity contribution is 7.88. The summed E-state index contributed by atoms with van der Waals surface area (Å²) < 4.78 is 65.3. The van der Waals surface area contributed by atoms with Crippen molar-refractivity contribution < 1.29 is 26.4 Å². The number of benzene rings is 1. The smallest absolute Gasteiger partial charge is 0.369 e. The van der Waals surface area contributed by atoms with Gasteiger partial charge in [-0.05, 0) is 23.1 Å². The molecule has 2 heterocycles. The highest BCUT2D eigenvalue weighted by Crippen LogP contribution is 2.35. The molecule has 0 radical (unpaired) electrons. The Bertz CT molecular complexity index is 1140. The summed E-state index contributed by atoms with van der Waals surface area (Å²) in [6, 6.07) is 5.05. The second-order valence-corrected chi connectivity index (χ2v) is 10.1. The molecule has 0 unspecified atom stereocenters. The lowest BCUT2D eigenvalue weighted by molar-refractivity contribution is -0.137. The van der Waals surface area contributed by atoms with E-state index in [1.54, 1.807) is 32.0 Å². The van der Waals surface area contributed by atoms with Crippen LogP contribution < -0.4 is 20.7 Å². The van der Waals surface area contributed by atoms with Crippen molar-refractivity contribution in [2.75, 3.05) is 35.3 Å². The molecule has 4 N–H and O–H groups in total. The maximum Gasteiger partial charge on any atom is 0.421 e. The Morgan fingerprint density at radius 1 is 1.19 bits per heavy atom. The SMILES string of the molecule is CC(C)(CNc1nc(Nc2ccc3c(c2)NC(=O)C3)ncc1C(F)(F)F)CNS(C)(=O)=O. The van der Waals surface area contributed by atoms with Gasteiger partial charge in [-0.2, -0.15) is 18.2 Å². The van der Waals surface area contributed by atoms with Gasteiger partial charge in [0.15, 0.2) is 0 Å². The minimum Gasteiger partial charge on any atom is -0.369 e. The van der Waals surface area contributed by atoms with Gasteiger partial charge in [-0.15, -0.1) is 0 Å². The molecule has 0 fully saturated rings. The Balaban J connectivity index is 1.79. The van der Waals surface area contributed by atoms with Crippen molar-refractivity contribution >= 4 is 39.1 Å². The van der Waals surface area contributed by atoms with Gasteiger partial charge in [0.05, 0.1) is 12.7 Å². The number of carbonyl (C=O) groups is 1. The number of hydrogen-bond acceptors (Lipinski definition) is 7. The molecule has 0 aliphatic carbocycles. The molecule has 32 heavy (non-hydrogen) atoms. The first-order chi connectivity index (χ1) is 14.7. The largest absolute Gasteiger partial charge is 0.421 e. The van der Waals surface area contributed by atoms with Crippen LogP contribution in [0.2, 0.25) is 0 Å². The van der Waals surface area contributed by atoms with Gasteiger partial charge in [0, 0.05) is 30.7 Å². The normalized spacial score (nSPS) is 14.1. The zero-order valence-electron chi connectivity index (χ0n) is 17.6. The molecule has 1 aromatic carbocycles. The Kier molecular flexibility index (Phi) is 6.33. The van der Waals surface area contributed by atoms with Crippen LogP contribution in [0.1, 0.15) is 25.0 Å². The van der Waals surface area contributed by atoms with Crippen LogP contribution in [-0.4, -0.2) is 43.6 Å². The van der Waals surface area contributed by atoms with Crippen LogP contribution in [-0.2, 0) is 27.4 Å². The van der Waals surface area contributed by atoms with E-state index in [0.29, 0.717) is 17.6 Å². The number of nitrogens with one attached hydrogen (secondary N) is 4. The van der Waals surface area contributed by atoms with Gasteiger partial charge in [0.25, 0.3) is 0 Å². The number of aromatic nitrogens is 2. The lowest BCUT2D eigenvalue weighted by Gasteiger charge is -2.26. The van der Waals surface area contributed by atoms with Crippen molar-refractivity contribution in [2.24, 2.45) is 5.41 Å². The fraction of sp³-hybridized carbons (Fsp3) is 0.421. The van der Waals surface area contributed by atoms with E-state index in [-0.39, 0.29) is 31.4 Å². The number of fused-ring (bicyclic) bond motifs is 1. The maximum absolute atomic E-state index is 13.4. The zero-order valence-corrected chi connectivity index (χ0v) is 18.4. The molecule has 0 spiro atoms. The zero-order chi connectivity index (χ0) is 23.7. The summed E-state index contributed by atoms with van der Waals surface area (Å²) in [5.41, 5.74) is 0.180. The Labute approximate surface area is 183 Å². The summed E-state index contributed by atoms with van der Waals surface area (Å²) >= 11 is 0. The van der Waals surface area contributed by atoms with Gasteiger partial charge in [-0.3, -0.25) is 4.79 Å². The first kappa shape index (κ1) is 23.7. The number of alkyl halides is 3. The maximum atomic E-state index is 13.4. The molecule has 2 aromatic rings. The number of nitrogens with zero attached hydrogens (tertiary/aromatic N) is 2. The third-order valence-electron chi connectivity index (χ3n) is 4.63. The standard InChI is InChI=1S/C19H23F3N6O3S/c1-18(2,10-25-32(3,30)31)9-24-16-13(19(20,21)22)8-23-17(28-16)26-12-5-4-11-6-15(29)27-14(11)7-12/h4-5,7-8,25H,6,9-10H2,1-3H3,(H,27,29)(H2,23,24,26,28). The van der Waals surface area contributed by atoms with E-state index in [0.717, 1.165) is 11.8 Å². The van der Waals surface area contributed by atoms with Crippen molar-refractivity contribution in [1.82, 2.24) is 14.7 Å². The molecule has 9 nitrogen and oxygen atoms in total. The van der Waals surface area contributed by atoms with E-state index >= 15 is 0 Å². The number of halogens is 3. The molecular formula is C19H23F3N6O3S. The highest BCUT2D eigenvalue weighted by Gasteiger charge is 2.36. The lowest BCUT2D eigenvalue weighted by atomic mass is 9.94. The van der Waals surface area contributed by atoms with E-state index in [9.17, 15) is 26.4 Å². The average molecular weight is 472 g/mol. The molecule has 0 saturated heterocycles. The van der Waals surface area contributed by atoms with Crippen molar-refractivity contribution in [3.05, 3.63) is 35.5 Å². The Morgan fingerprint density at radius 2 is 1.91 bits per heavy atom. The van der Waals surface area contributed by atoms with E-state index in [1.165, 1.54) is 0 Å². The topological polar surface area (TPSA) is 125 Å². The molecule has 1 aliphatic heterocycles. The Morgan fingerprint density at radius 3 is 2.56 bits per heavy atom. The van der Waals surface area contributed by atoms with Crippen molar-refractivity contribution in [1.29, 1.82) is 0 Å². The van der Waals surface area contributed by atoms with E-state index in [4.69, 9.17) is 0 Å². The molecular weight excluding hydrogens is 449 g/mol. The monoisotopic (exact) mass is 472 g/mol. The van der Waals surface area contributed by atoms with Crippen molar-refractivity contribution in [3.8, 4) is 0 Å². The highest BCUT2D eigenvalue weighted by atomic mass is 32.2. The van der Waals surface area contributed by atoms with Gasteiger partial charge in [-0.1, -0.05) is 19.9 Å². The van der Waals surface area contributed by atoms with Crippen LogP contribution in [0.5, 0.6) is 0 Å². The third kappa shape index (κ3) is 6.29. The summed E-state index contributed by atoms with van der Waals surface area (Å²) in [7, 11) is -3.44. The quantitative estimate of drug-likeness (QED) is 0.466. The Hall–Kier alpha value is -2.93. The summed E-state index contributed by atoms with van der Waals surface area (Å²) in [6.07, 6.45) is -2.74. The second kappa shape index (κ2) is 8.54. The number of rotatable bonds is 8. The van der Waals surface area contributed by atoms with E-state index in [2.05, 4.69) is 30.6 Å². The van der Waals surface area contributed by atoms with Crippen LogP contribution in [0.15, 0.2) is 24.4 Å². The first-order valence-corrected chi connectivity index (χ1v) is 11.4. The number of carbonyl (C=O) groups excluding carboxylic acids is 1. The number of hydrogen-bond donors (Lipinski definition) is 4. The van der Waals surface area contributed by atoms with Gasteiger partial charge in [0.2, 0.25) is 21.9 Å². The van der Waals surface area contributed by atoms with Gasteiger partial charge in [-0.25, -0.2) is 18.1 Å². The number of sulfonamides is 1. The van der Waals surface area contributed by atoms with Gasteiger partial charge in [0.1, 0.15) is 11.4 Å². The molecule has 0 atom stereocenters. The van der Waals surface area contributed by atoms with Gasteiger partial charge < -0.3 is 16.0 Å². The summed E-state index contributed by atoms with van der Waals surface area (Å²) in [6.45, 7) is 3.44. The molecule has 0 saturated carbocycles. The molecule has 13 heteroatoms. The molecule has 0 bridgehead atoms. The molecule has 174 valence electrons. The number of anilines is 4. The van der Waals surface area contributed by atoms with E-state index < -0.39 is 33.0 Å². The molecule has 1 aliphatic rings. The van der Waals surface area contributed by atoms with Gasteiger partial charge >= 0.3 is 6.18 Å². The minimum atomic E-state index is -4.69. The fourth-order valence-corrected chi connectivity index (χ4v) is 3.57. The molecule has 1 amide bonds. The van der Waals surface area contributed by atoms with Crippen LogP contribution in [0, 0.1) is 5.41 Å². The van der Waals surface area contributed by atoms with Crippen molar-refractivity contribution in [2.45, 2.75) is 26.4 Å². The van der Waals surface area contributed by atoms with Crippen LogP contribution in [0.25, 0.3) is 0 Å². The summed E-state index contributed by atoms with van der Waals surface area (Å²) in [5, 5.41) is 8.20. The van der Waals surface area contributed by atoms with Crippen LogP contribution in [0.3, 0.4) is 0 Å². The van der Waals surface area contributed by atoms with Crippen LogP contribution >= 0.6 is 0 Å². The first-order valence-electron chi connectivity index (χ1n) is 9.54. The predicted molar refractivity (Wildman–Crippen MR) is 114 cm³/mol. The summed E-state index contributed by atoms with van der Waals surface area (Å²) in [4.78, 5) is 19.2. The second-order valence-electron chi connectivity index (χ2n) is 8.29. The summed E-state index contributed by atoms with van der Waals surface area (Å²) in [5.74, 6) is -0.642. The van der Waals surface area contributed by atoms with E-state index in [1.807, 2.05) is 0 Å². The molecule has 3 rings (SSSR count). The molecule has 1 aromatic heterocycles. The average Bonchev–Trinajstić information content (AvgIpc) is 3.03. The van der Waals surface area contributed by atoms with Crippen LogP contribution in [0.4, 0.5) is 36.3 Å². The number of amides is 1. The fourth-order valence-electron chi connectivity index (χ4n) is 2.92.